The molecule has 0 unspecified atom stereocenters. The van der Waals surface area contributed by atoms with Crippen molar-refractivity contribution >= 4 is 6.09 Å². The second-order valence-electron chi connectivity index (χ2n) is 8.35. The number of likely N-dealkylation sites (tertiary alicyclic amines) is 1. The maximum Gasteiger partial charge on any atom is 0.407 e. The Morgan fingerprint density at radius 1 is 1.30 bits per heavy atom. The van der Waals surface area contributed by atoms with Crippen LogP contribution in [0.4, 0.5) is 4.79 Å². The molecule has 1 aliphatic carbocycles. The van der Waals surface area contributed by atoms with Crippen molar-refractivity contribution in [2.75, 3.05) is 32.7 Å². The smallest absolute Gasteiger partial charge is 0.407 e. The molecule has 0 radical (unpaired) electrons. The van der Waals surface area contributed by atoms with Crippen LogP contribution in [0.5, 0.6) is 0 Å². The Hall–Kier alpha value is -2.10. The summed E-state index contributed by atoms with van der Waals surface area (Å²) in [6.07, 6.45) is 2.75. The van der Waals surface area contributed by atoms with E-state index in [4.69, 9.17) is 5.26 Å². The molecule has 1 aromatic carbocycles. The number of nitrogens with zero attached hydrogens (tertiary/aromatic N) is 3. The fourth-order valence-corrected chi connectivity index (χ4v) is 4.83. The van der Waals surface area contributed by atoms with Crippen LogP contribution in [0, 0.1) is 17.2 Å². The van der Waals surface area contributed by atoms with Crippen LogP contribution in [-0.2, 0) is 0 Å². The Kier molecular flexibility index (Phi) is 5.07. The van der Waals surface area contributed by atoms with E-state index in [1.165, 1.54) is 5.56 Å². The van der Waals surface area contributed by atoms with Gasteiger partial charge in [-0.15, -0.1) is 0 Å². The number of nitrogens with one attached hydrogen (secondary N) is 1. The van der Waals surface area contributed by atoms with Crippen molar-refractivity contribution in [2.45, 2.75) is 43.2 Å². The summed E-state index contributed by atoms with van der Waals surface area (Å²) < 4.78 is 0. The van der Waals surface area contributed by atoms with Crippen LogP contribution in [0.3, 0.4) is 0 Å². The van der Waals surface area contributed by atoms with Gasteiger partial charge in [-0.25, -0.2) is 4.79 Å². The first-order valence-electron chi connectivity index (χ1n) is 10.0. The molecule has 1 amide bonds. The van der Waals surface area contributed by atoms with Crippen LogP contribution in [0.25, 0.3) is 0 Å². The molecule has 2 heterocycles. The van der Waals surface area contributed by atoms with E-state index >= 15 is 0 Å². The lowest BCUT2D eigenvalue weighted by molar-refractivity contribution is 0.00841. The predicted molar refractivity (Wildman–Crippen MR) is 102 cm³/mol. The van der Waals surface area contributed by atoms with E-state index in [9.17, 15) is 9.90 Å². The molecule has 2 atom stereocenters. The SMILES string of the molecule is N#CCC1(N2CCC(CN(C(=O)O)[C@@H]3C[C@H]3c3ccccc3)CC2)CNC1. The molecule has 3 fully saturated rings. The van der Waals surface area contributed by atoms with Crippen molar-refractivity contribution in [1.29, 1.82) is 5.26 Å². The fourth-order valence-electron chi connectivity index (χ4n) is 4.83. The Labute approximate surface area is 160 Å². The van der Waals surface area contributed by atoms with E-state index < -0.39 is 6.09 Å². The lowest BCUT2D eigenvalue weighted by Gasteiger charge is -2.52. The number of benzene rings is 1. The second kappa shape index (κ2) is 7.49. The Morgan fingerprint density at radius 3 is 2.56 bits per heavy atom. The Balaban J connectivity index is 1.32. The van der Waals surface area contributed by atoms with Gasteiger partial charge in [-0.05, 0) is 43.8 Å². The first-order valence-corrected chi connectivity index (χ1v) is 10.0. The maximum atomic E-state index is 11.9. The number of rotatable bonds is 6. The lowest BCUT2D eigenvalue weighted by atomic mass is 9.83. The highest BCUT2D eigenvalue weighted by atomic mass is 16.4. The first kappa shape index (κ1) is 18.3. The average Bonchev–Trinajstić information content (AvgIpc) is 3.44. The molecule has 2 aliphatic heterocycles. The summed E-state index contributed by atoms with van der Waals surface area (Å²) in [7, 11) is 0. The third-order valence-corrected chi connectivity index (χ3v) is 6.69. The van der Waals surface area contributed by atoms with E-state index in [2.05, 4.69) is 28.4 Å². The molecular weight excluding hydrogens is 340 g/mol. The minimum absolute atomic E-state index is 0.0150. The van der Waals surface area contributed by atoms with E-state index in [1.807, 2.05) is 18.2 Å². The van der Waals surface area contributed by atoms with Crippen molar-refractivity contribution in [3.8, 4) is 6.07 Å². The predicted octanol–water partition coefficient (Wildman–Crippen LogP) is 2.49. The zero-order chi connectivity index (χ0) is 18.9. The largest absolute Gasteiger partial charge is 0.465 e. The van der Waals surface area contributed by atoms with Gasteiger partial charge < -0.3 is 15.3 Å². The van der Waals surface area contributed by atoms with Gasteiger partial charge in [0.2, 0.25) is 0 Å². The molecule has 27 heavy (non-hydrogen) atoms. The van der Waals surface area contributed by atoms with Crippen molar-refractivity contribution in [2.24, 2.45) is 5.92 Å². The minimum atomic E-state index is -0.787. The highest BCUT2D eigenvalue weighted by molar-refractivity contribution is 5.66. The first-order chi connectivity index (χ1) is 13.1. The molecule has 1 saturated carbocycles. The van der Waals surface area contributed by atoms with Gasteiger partial charge in [0.15, 0.2) is 0 Å². The van der Waals surface area contributed by atoms with Gasteiger partial charge in [-0.1, -0.05) is 30.3 Å². The zero-order valence-electron chi connectivity index (χ0n) is 15.7. The van der Waals surface area contributed by atoms with Crippen LogP contribution in [0.1, 0.15) is 37.2 Å². The summed E-state index contributed by atoms with van der Waals surface area (Å²) in [5, 5.41) is 22.2. The summed E-state index contributed by atoms with van der Waals surface area (Å²) in [6.45, 7) is 4.36. The molecule has 2 N–H and O–H groups in total. The average molecular weight is 368 g/mol. The number of amides is 1. The molecule has 6 heteroatoms. The van der Waals surface area contributed by atoms with Crippen molar-refractivity contribution in [3.05, 3.63) is 35.9 Å². The van der Waals surface area contributed by atoms with Gasteiger partial charge in [-0.3, -0.25) is 4.90 Å². The molecular formula is C21H28N4O2. The third kappa shape index (κ3) is 3.67. The number of nitriles is 1. The van der Waals surface area contributed by atoms with E-state index in [1.54, 1.807) is 4.90 Å². The van der Waals surface area contributed by atoms with Gasteiger partial charge in [0.05, 0.1) is 18.0 Å². The molecule has 1 aromatic rings. The van der Waals surface area contributed by atoms with Gasteiger partial charge in [-0.2, -0.15) is 5.26 Å². The zero-order valence-corrected chi connectivity index (χ0v) is 15.7. The highest BCUT2D eigenvalue weighted by Crippen LogP contribution is 2.45. The Bertz CT molecular complexity index is 705. The molecule has 0 bridgehead atoms. The third-order valence-electron chi connectivity index (χ3n) is 6.69. The van der Waals surface area contributed by atoms with Crippen molar-refractivity contribution in [1.82, 2.24) is 15.1 Å². The fraction of sp³-hybridized carbons (Fsp3) is 0.619. The molecule has 144 valence electrons. The standard InChI is InChI=1S/C21H28N4O2/c22-9-8-21(14-23-15-21)24-10-6-16(7-11-24)13-25(20(26)27)19-12-18(19)17-4-2-1-3-5-17/h1-5,16,18-19,23H,6-8,10-15H2,(H,26,27)/t18-,19+/m0/s1. The molecule has 0 aromatic heterocycles. The quantitative estimate of drug-likeness (QED) is 0.806. The number of hydrogen-bond donors (Lipinski definition) is 2. The molecule has 6 nitrogen and oxygen atoms in total. The second-order valence-corrected chi connectivity index (χ2v) is 8.35. The monoisotopic (exact) mass is 368 g/mol. The summed E-state index contributed by atoms with van der Waals surface area (Å²) in [5.74, 6) is 0.767. The molecule has 3 aliphatic rings. The van der Waals surface area contributed by atoms with Crippen LogP contribution in [0.15, 0.2) is 30.3 Å². The van der Waals surface area contributed by atoms with Crippen molar-refractivity contribution < 1.29 is 9.90 Å². The normalized spacial score (nSPS) is 27.4. The summed E-state index contributed by atoms with van der Waals surface area (Å²) >= 11 is 0. The van der Waals surface area contributed by atoms with Crippen LogP contribution < -0.4 is 5.32 Å². The molecule has 4 rings (SSSR count). The van der Waals surface area contributed by atoms with Crippen LogP contribution in [-0.4, -0.2) is 65.3 Å². The minimum Gasteiger partial charge on any atom is -0.465 e. The lowest BCUT2D eigenvalue weighted by Crippen LogP contribution is -2.69. The number of piperidine rings is 1. The topological polar surface area (TPSA) is 79.6 Å². The highest BCUT2D eigenvalue weighted by Gasteiger charge is 2.47. The van der Waals surface area contributed by atoms with E-state index in [0.717, 1.165) is 45.4 Å². The summed E-state index contributed by atoms with van der Waals surface area (Å²) in [6, 6.07) is 12.7. The maximum absolute atomic E-state index is 11.9. The summed E-state index contributed by atoms with van der Waals surface area (Å²) in [4.78, 5) is 16.0. The van der Waals surface area contributed by atoms with E-state index in [-0.39, 0.29) is 11.6 Å². The van der Waals surface area contributed by atoms with Gasteiger partial charge in [0.1, 0.15) is 0 Å². The van der Waals surface area contributed by atoms with Gasteiger partial charge >= 0.3 is 6.09 Å². The molecule has 0 spiro atoms. The number of hydrogen-bond acceptors (Lipinski definition) is 4. The summed E-state index contributed by atoms with van der Waals surface area (Å²) in [5.41, 5.74) is 1.26. The van der Waals surface area contributed by atoms with Gasteiger partial charge in [0.25, 0.3) is 0 Å². The van der Waals surface area contributed by atoms with Gasteiger partial charge in [0, 0.05) is 31.6 Å². The molecule has 2 saturated heterocycles. The van der Waals surface area contributed by atoms with E-state index in [0.29, 0.717) is 24.8 Å². The van der Waals surface area contributed by atoms with Crippen molar-refractivity contribution in [3.63, 3.8) is 0 Å². The van der Waals surface area contributed by atoms with Crippen LogP contribution in [0.2, 0.25) is 0 Å². The number of carbonyl (C=O) groups is 1. The number of carboxylic acid groups (broad SMARTS) is 1. The Morgan fingerprint density at radius 2 is 2.00 bits per heavy atom. The van der Waals surface area contributed by atoms with Crippen LogP contribution >= 0.6 is 0 Å².